The second-order valence-electron chi connectivity index (χ2n) is 7.56. The van der Waals surface area contributed by atoms with E-state index >= 15 is 0 Å². The van der Waals surface area contributed by atoms with E-state index in [0.717, 1.165) is 25.0 Å². The van der Waals surface area contributed by atoms with E-state index in [1.165, 1.54) is 34.4 Å². The molecule has 3 aromatic rings. The largest absolute Gasteiger partial charge is 0.506 e. The maximum Gasteiger partial charge on any atom is 0.248 e. The number of benzene rings is 2. The molecular formula is C24H26N2O3. The average Bonchev–Trinajstić information content (AvgIpc) is 3.13. The number of aromatic hydroxyl groups is 1. The number of rotatable bonds is 6. The first-order valence-corrected chi connectivity index (χ1v) is 10.1. The predicted molar refractivity (Wildman–Crippen MR) is 116 cm³/mol. The van der Waals surface area contributed by atoms with Crippen LogP contribution < -0.4 is 10.9 Å². The van der Waals surface area contributed by atoms with Crippen molar-refractivity contribution in [3.05, 3.63) is 80.3 Å². The van der Waals surface area contributed by atoms with Crippen LogP contribution in [-0.4, -0.2) is 21.7 Å². The maximum atomic E-state index is 11.6. The summed E-state index contributed by atoms with van der Waals surface area (Å²) in [7, 11) is 0. The quantitative estimate of drug-likeness (QED) is 0.518. The van der Waals surface area contributed by atoms with Crippen LogP contribution in [0.5, 0.6) is 5.75 Å². The van der Waals surface area contributed by atoms with Gasteiger partial charge in [-0.3, -0.25) is 4.79 Å². The molecule has 0 radical (unpaired) electrons. The Bertz CT molecular complexity index is 1160. The standard InChI is InChI=1S/C24H26N2O3/c1-3-14-9-16-11-18(12-17(16)10-15(14)4-2)25-13-22(28)19-5-7-21(27)24-20(19)6-8-23(29)26-24/h5-11,22,25,27-28H,3-4,12-13H2,1-2H3,(H,26,29). The molecule has 1 aliphatic carbocycles. The van der Waals surface area contributed by atoms with Gasteiger partial charge in [-0.05, 0) is 58.9 Å². The number of aliphatic hydroxyl groups excluding tert-OH is 1. The Morgan fingerprint density at radius 1 is 1.10 bits per heavy atom. The highest BCUT2D eigenvalue weighted by Crippen LogP contribution is 2.30. The summed E-state index contributed by atoms with van der Waals surface area (Å²) in [4.78, 5) is 14.2. The van der Waals surface area contributed by atoms with Gasteiger partial charge in [0.2, 0.25) is 5.56 Å². The van der Waals surface area contributed by atoms with Crippen molar-refractivity contribution in [3.8, 4) is 5.75 Å². The third kappa shape index (κ3) is 3.66. The van der Waals surface area contributed by atoms with Crippen molar-refractivity contribution in [3.63, 3.8) is 0 Å². The minimum Gasteiger partial charge on any atom is -0.506 e. The van der Waals surface area contributed by atoms with E-state index in [4.69, 9.17) is 0 Å². The molecule has 0 amide bonds. The number of aromatic nitrogens is 1. The molecule has 5 heteroatoms. The van der Waals surface area contributed by atoms with Crippen LogP contribution in [0.25, 0.3) is 17.0 Å². The van der Waals surface area contributed by atoms with E-state index in [1.807, 2.05) is 0 Å². The van der Waals surface area contributed by atoms with Crippen LogP contribution >= 0.6 is 0 Å². The fraction of sp³-hybridized carbons (Fsp3) is 0.292. The minimum absolute atomic E-state index is 0.00554. The molecule has 1 unspecified atom stereocenters. The Labute approximate surface area is 169 Å². The lowest BCUT2D eigenvalue weighted by Gasteiger charge is -2.16. The highest BCUT2D eigenvalue weighted by Gasteiger charge is 2.18. The average molecular weight is 390 g/mol. The van der Waals surface area contributed by atoms with Gasteiger partial charge < -0.3 is 20.5 Å². The molecular weight excluding hydrogens is 364 g/mol. The first kappa shape index (κ1) is 19.3. The molecule has 1 heterocycles. The number of phenols is 1. The topological polar surface area (TPSA) is 85.3 Å². The van der Waals surface area contributed by atoms with Crippen LogP contribution in [0.2, 0.25) is 0 Å². The van der Waals surface area contributed by atoms with Crippen molar-refractivity contribution in [1.82, 2.24) is 10.3 Å². The summed E-state index contributed by atoms with van der Waals surface area (Å²) in [6.07, 6.45) is 4.29. The molecule has 29 heavy (non-hydrogen) atoms. The zero-order valence-electron chi connectivity index (χ0n) is 16.7. The number of hydrogen-bond acceptors (Lipinski definition) is 4. The second kappa shape index (κ2) is 7.76. The number of phenolic OH excluding ortho intramolecular Hbond substituents is 1. The third-order valence-corrected chi connectivity index (χ3v) is 5.72. The number of allylic oxidation sites excluding steroid dienone is 1. The molecule has 4 N–H and O–H groups in total. The van der Waals surface area contributed by atoms with Crippen molar-refractivity contribution in [2.45, 2.75) is 39.2 Å². The van der Waals surface area contributed by atoms with E-state index in [-0.39, 0.29) is 11.3 Å². The molecule has 0 fully saturated rings. The summed E-state index contributed by atoms with van der Waals surface area (Å²) in [6, 6.07) is 10.8. The van der Waals surface area contributed by atoms with E-state index in [9.17, 15) is 15.0 Å². The smallest absolute Gasteiger partial charge is 0.248 e. The number of aliphatic hydroxyl groups is 1. The van der Waals surface area contributed by atoms with Gasteiger partial charge in [0.25, 0.3) is 0 Å². The monoisotopic (exact) mass is 390 g/mol. The predicted octanol–water partition coefficient (Wildman–Crippen LogP) is 3.58. The summed E-state index contributed by atoms with van der Waals surface area (Å²) < 4.78 is 0. The molecule has 0 saturated heterocycles. The van der Waals surface area contributed by atoms with Gasteiger partial charge in [0.1, 0.15) is 5.75 Å². The van der Waals surface area contributed by atoms with Crippen molar-refractivity contribution >= 4 is 17.0 Å². The molecule has 4 rings (SSSR count). The van der Waals surface area contributed by atoms with E-state index < -0.39 is 6.10 Å². The lowest BCUT2D eigenvalue weighted by Crippen LogP contribution is -2.21. The van der Waals surface area contributed by atoms with Gasteiger partial charge in [0.05, 0.1) is 11.6 Å². The van der Waals surface area contributed by atoms with E-state index in [0.29, 0.717) is 23.0 Å². The Kier molecular flexibility index (Phi) is 5.16. The summed E-state index contributed by atoms with van der Waals surface area (Å²) in [6.45, 7) is 4.72. The Balaban J connectivity index is 1.52. The number of fused-ring (bicyclic) bond motifs is 2. The van der Waals surface area contributed by atoms with Crippen LogP contribution in [0.1, 0.15) is 47.8 Å². The zero-order valence-corrected chi connectivity index (χ0v) is 16.7. The van der Waals surface area contributed by atoms with Crippen molar-refractivity contribution in [1.29, 1.82) is 0 Å². The van der Waals surface area contributed by atoms with Crippen molar-refractivity contribution in [2.24, 2.45) is 0 Å². The second-order valence-corrected chi connectivity index (χ2v) is 7.56. The van der Waals surface area contributed by atoms with Gasteiger partial charge in [-0.15, -0.1) is 0 Å². The molecule has 1 atom stereocenters. The van der Waals surface area contributed by atoms with Gasteiger partial charge in [-0.2, -0.15) is 0 Å². The molecule has 0 aliphatic heterocycles. The molecule has 5 nitrogen and oxygen atoms in total. The number of H-pyrrole nitrogens is 1. The summed E-state index contributed by atoms with van der Waals surface area (Å²) >= 11 is 0. The summed E-state index contributed by atoms with van der Waals surface area (Å²) in [5, 5.41) is 24.8. The summed E-state index contributed by atoms with van der Waals surface area (Å²) in [5.41, 5.74) is 7.20. The lowest BCUT2D eigenvalue weighted by atomic mass is 9.97. The molecule has 0 saturated carbocycles. The number of hydrogen-bond donors (Lipinski definition) is 4. The SMILES string of the molecule is CCc1cc2c(cc1CC)CC(NCC(O)c1ccc(O)c3[nH]c(=O)ccc13)=C2. The fourth-order valence-corrected chi connectivity index (χ4v) is 4.15. The van der Waals surface area contributed by atoms with Crippen LogP contribution in [0.15, 0.2) is 46.9 Å². The first-order valence-electron chi connectivity index (χ1n) is 10.1. The van der Waals surface area contributed by atoms with E-state index in [2.05, 4.69) is 42.4 Å². The Morgan fingerprint density at radius 3 is 2.62 bits per heavy atom. The number of aromatic amines is 1. The number of aryl methyl sites for hydroxylation is 2. The maximum absolute atomic E-state index is 11.6. The molecule has 1 aromatic heterocycles. The van der Waals surface area contributed by atoms with Crippen LogP contribution in [0.3, 0.4) is 0 Å². The lowest BCUT2D eigenvalue weighted by molar-refractivity contribution is 0.179. The molecule has 150 valence electrons. The van der Waals surface area contributed by atoms with Crippen molar-refractivity contribution < 1.29 is 10.2 Å². The highest BCUT2D eigenvalue weighted by atomic mass is 16.3. The van der Waals surface area contributed by atoms with Gasteiger partial charge in [0, 0.05) is 30.1 Å². The van der Waals surface area contributed by atoms with Gasteiger partial charge in [-0.25, -0.2) is 0 Å². The van der Waals surface area contributed by atoms with Crippen LogP contribution in [-0.2, 0) is 19.3 Å². The van der Waals surface area contributed by atoms with Gasteiger partial charge in [-0.1, -0.05) is 32.0 Å². The zero-order chi connectivity index (χ0) is 20.5. The van der Waals surface area contributed by atoms with Gasteiger partial charge >= 0.3 is 0 Å². The van der Waals surface area contributed by atoms with E-state index in [1.54, 1.807) is 12.1 Å². The molecule has 0 bridgehead atoms. The first-order chi connectivity index (χ1) is 14.0. The fourth-order valence-electron chi connectivity index (χ4n) is 4.15. The Morgan fingerprint density at radius 2 is 1.86 bits per heavy atom. The molecule has 1 aliphatic rings. The highest BCUT2D eigenvalue weighted by molar-refractivity contribution is 5.87. The van der Waals surface area contributed by atoms with Crippen LogP contribution in [0, 0.1) is 0 Å². The number of nitrogens with one attached hydrogen (secondary N) is 2. The van der Waals surface area contributed by atoms with Crippen molar-refractivity contribution in [2.75, 3.05) is 6.54 Å². The third-order valence-electron chi connectivity index (χ3n) is 5.72. The minimum atomic E-state index is -0.772. The Hall–Kier alpha value is -3.05. The van der Waals surface area contributed by atoms with Crippen LogP contribution in [0.4, 0.5) is 0 Å². The molecule has 2 aromatic carbocycles. The van der Waals surface area contributed by atoms with Gasteiger partial charge in [0.15, 0.2) is 0 Å². The molecule has 0 spiro atoms. The number of pyridine rings is 1. The summed E-state index contributed by atoms with van der Waals surface area (Å²) in [5.74, 6) is -0.00554. The normalized spacial score (nSPS) is 14.0.